The number of benzene rings is 6. The summed E-state index contributed by atoms with van der Waals surface area (Å²) in [4.78, 5) is 0. The molecule has 0 saturated heterocycles. The topological polar surface area (TPSA) is 0 Å². The second kappa shape index (κ2) is 9.29. The monoisotopic (exact) mass is 548 g/mol. The lowest BCUT2D eigenvalue weighted by molar-refractivity contribution is 0.593. The third-order valence-electron chi connectivity index (χ3n) is 8.43. The van der Waals surface area contributed by atoms with Crippen LogP contribution in [0.1, 0.15) is 52.7 Å². The fourth-order valence-electron chi connectivity index (χ4n) is 6.74. The lowest BCUT2D eigenvalue weighted by Gasteiger charge is -2.31. The molecule has 1 heterocycles. The van der Waals surface area contributed by atoms with Crippen LogP contribution in [-0.2, 0) is 10.8 Å². The highest BCUT2D eigenvalue weighted by Gasteiger charge is 2.28. The Kier molecular flexibility index (Phi) is 5.89. The molecule has 0 radical (unpaired) electrons. The molecule has 0 aliphatic carbocycles. The molecule has 6 aromatic carbocycles. The quantitative estimate of drug-likeness (QED) is 0.188. The predicted octanol–water partition coefficient (Wildman–Crippen LogP) is 12.3. The second-order valence-electron chi connectivity index (χ2n) is 13.4. The summed E-state index contributed by atoms with van der Waals surface area (Å²) in [5, 5.41) is 8.17. The SMILES string of the molecule is CC(C)(C)c1c2ccc(-c3ccc4sc5ccccc5c4c3)cc2c(C(C)(C)C)c2ccc(-c3ccccc3)cc12. The minimum absolute atomic E-state index is 0.0156. The number of fused-ring (bicyclic) bond motifs is 5. The third-order valence-corrected chi connectivity index (χ3v) is 9.59. The lowest BCUT2D eigenvalue weighted by Crippen LogP contribution is -2.17. The Balaban J connectivity index is 1.54. The van der Waals surface area contributed by atoms with Gasteiger partial charge in [-0.3, -0.25) is 0 Å². The highest BCUT2D eigenvalue weighted by atomic mass is 32.1. The van der Waals surface area contributed by atoms with Gasteiger partial charge in [0.25, 0.3) is 0 Å². The minimum Gasteiger partial charge on any atom is -0.135 e. The molecule has 0 spiro atoms. The van der Waals surface area contributed by atoms with E-state index < -0.39 is 0 Å². The summed E-state index contributed by atoms with van der Waals surface area (Å²) in [6.45, 7) is 14.2. The van der Waals surface area contributed by atoms with E-state index in [0.29, 0.717) is 0 Å². The first-order valence-electron chi connectivity index (χ1n) is 14.6. The number of rotatable bonds is 2. The van der Waals surface area contributed by atoms with E-state index in [1.165, 1.54) is 75.1 Å². The molecule has 41 heavy (non-hydrogen) atoms. The van der Waals surface area contributed by atoms with Crippen LogP contribution in [0, 0.1) is 0 Å². The van der Waals surface area contributed by atoms with Crippen LogP contribution in [0.3, 0.4) is 0 Å². The van der Waals surface area contributed by atoms with E-state index in [1.54, 1.807) is 0 Å². The highest BCUT2D eigenvalue weighted by molar-refractivity contribution is 7.25. The molecule has 0 saturated carbocycles. The fourth-order valence-corrected chi connectivity index (χ4v) is 7.83. The lowest BCUT2D eigenvalue weighted by atomic mass is 9.73. The zero-order chi connectivity index (χ0) is 28.5. The van der Waals surface area contributed by atoms with Crippen molar-refractivity contribution in [2.24, 2.45) is 0 Å². The van der Waals surface area contributed by atoms with Gasteiger partial charge in [0.15, 0.2) is 0 Å². The molecule has 0 fully saturated rings. The standard InChI is InChI=1S/C40H36S/c1-39(2,3)37-31-20-17-27(28-18-21-36-32(22-28)29-14-10-11-15-35(29)41-36)24-34(31)38(40(4,5)6)30-19-16-26(23-33(30)37)25-12-8-7-9-13-25/h7-24H,1-6H3. The van der Waals surface area contributed by atoms with E-state index >= 15 is 0 Å². The maximum absolute atomic E-state index is 2.46. The van der Waals surface area contributed by atoms with Crippen LogP contribution in [0.25, 0.3) is 64.0 Å². The molecule has 1 aromatic heterocycles. The first-order chi connectivity index (χ1) is 19.6. The Morgan fingerprint density at radius 1 is 0.366 bits per heavy atom. The molecule has 202 valence electrons. The van der Waals surface area contributed by atoms with E-state index in [-0.39, 0.29) is 10.8 Å². The summed E-state index contributed by atoms with van der Waals surface area (Å²) in [5.41, 5.74) is 7.91. The van der Waals surface area contributed by atoms with Crippen LogP contribution in [0.4, 0.5) is 0 Å². The molecule has 0 bridgehead atoms. The number of hydrogen-bond donors (Lipinski definition) is 0. The molecule has 7 rings (SSSR count). The molecule has 7 aromatic rings. The average Bonchev–Trinajstić information content (AvgIpc) is 3.32. The molecule has 0 N–H and O–H groups in total. The van der Waals surface area contributed by atoms with Crippen LogP contribution in [0.2, 0.25) is 0 Å². The van der Waals surface area contributed by atoms with Gasteiger partial charge in [-0.2, -0.15) is 0 Å². The molecular weight excluding hydrogens is 513 g/mol. The predicted molar refractivity (Wildman–Crippen MR) is 183 cm³/mol. The van der Waals surface area contributed by atoms with Gasteiger partial charge in [-0.15, -0.1) is 11.3 Å². The van der Waals surface area contributed by atoms with Gasteiger partial charge in [0.1, 0.15) is 0 Å². The van der Waals surface area contributed by atoms with Gasteiger partial charge in [0, 0.05) is 20.2 Å². The summed E-state index contributed by atoms with van der Waals surface area (Å²) < 4.78 is 2.70. The molecule has 0 aliphatic rings. The molecule has 0 aliphatic heterocycles. The van der Waals surface area contributed by atoms with Gasteiger partial charge in [0.05, 0.1) is 0 Å². The van der Waals surface area contributed by atoms with Crippen LogP contribution in [0.15, 0.2) is 109 Å². The van der Waals surface area contributed by atoms with Gasteiger partial charge < -0.3 is 0 Å². The van der Waals surface area contributed by atoms with E-state index in [9.17, 15) is 0 Å². The van der Waals surface area contributed by atoms with Gasteiger partial charge >= 0.3 is 0 Å². The van der Waals surface area contributed by atoms with Crippen molar-refractivity contribution < 1.29 is 0 Å². The minimum atomic E-state index is -0.0205. The van der Waals surface area contributed by atoms with E-state index in [0.717, 1.165) is 0 Å². The summed E-state index contributed by atoms with van der Waals surface area (Å²) in [6, 6.07) is 40.8. The summed E-state index contributed by atoms with van der Waals surface area (Å²) in [7, 11) is 0. The van der Waals surface area contributed by atoms with Crippen molar-refractivity contribution in [1.82, 2.24) is 0 Å². The van der Waals surface area contributed by atoms with Crippen LogP contribution in [0.5, 0.6) is 0 Å². The maximum Gasteiger partial charge on any atom is 0.0355 e. The molecule has 0 amide bonds. The van der Waals surface area contributed by atoms with Gasteiger partial charge in [-0.05, 0) is 96.1 Å². The van der Waals surface area contributed by atoms with Crippen LogP contribution < -0.4 is 0 Å². The highest BCUT2D eigenvalue weighted by Crippen LogP contribution is 2.46. The van der Waals surface area contributed by atoms with E-state index in [2.05, 4.69) is 151 Å². The fraction of sp³-hybridized carbons (Fsp3) is 0.200. The molecule has 0 unspecified atom stereocenters. The summed E-state index contributed by atoms with van der Waals surface area (Å²) in [6.07, 6.45) is 0. The summed E-state index contributed by atoms with van der Waals surface area (Å²) in [5.74, 6) is 0. The van der Waals surface area contributed by atoms with Crippen molar-refractivity contribution in [3.63, 3.8) is 0 Å². The normalized spacial score (nSPS) is 12.6. The Morgan fingerprint density at radius 2 is 0.829 bits per heavy atom. The van der Waals surface area contributed by atoms with Gasteiger partial charge in [-0.1, -0.05) is 120 Å². The third kappa shape index (κ3) is 4.35. The molecule has 0 atom stereocenters. The van der Waals surface area contributed by atoms with Crippen molar-refractivity contribution in [3.05, 3.63) is 120 Å². The molecular formula is C40H36S. The van der Waals surface area contributed by atoms with Crippen LogP contribution >= 0.6 is 11.3 Å². The largest absolute Gasteiger partial charge is 0.135 e. The second-order valence-corrected chi connectivity index (χ2v) is 14.5. The van der Waals surface area contributed by atoms with Gasteiger partial charge in [-0.25, -0.2) is 0 Å². The number of hydrogen-bond acceptors (Lipinski definition) is 1. The Hall–Kier alpha value is -3.94. The zero-order valence-corrected chi connectivity index (χ0v) is 25.6. The number of thiophene rings is 1. The smallest absolute Gasteiger partial charge is 0.0355 e. The first kappa shape index (κ1) is 26.0. The zero-order valence-electron chi connectivity index (χ0n) is 24.8. The van der Waals surface area contributed by atoms with Crippen molar-refractivity contribution in [2.75, 3.05) is 0 Å². The van der Waals surface area contributed by atoms with Crippen LogP contribution in [-0.4, -0.2) is 0 Å². The molecule has 1 heteroatoms. The Morgan fingerprint density at radius 3 is 1.41 bits per heavy atom. The van der Waals surface area contributed by atoms with E-state index in [1.807, 2.05) is 11.3 Å². The first-order valence-corrected chi connectivity index (χ1v) is 15.4. The van der Waals surface area contributed by atoms with Crippen molar-refractivity contribution in [1.29, 1.82) is 0 Å². The van der Waals surface area contributed by atoms with Crippen molar-refractivity contribution >= 4 is 53.1 Å². The maximum atomic E-state index is 2.46. The Labute approximate surface area is 247 Å². The summed E-state index contributed by atoms with van der Waals surface area (Å²) >= 11 is 1.88. The van der Waals surface area contributed by atoms with E-state index in [4.69, 9.17) is 0 Å². The Bertz CT molecular complexity index is 2090. The van der Waals surface area contributed by atoms with Crippen molar-refractivity contribution in [3.8, 4) is 22.3 Å². The van der Waals surface area contributed by atoms with Crippen molar-refractivity contribution in [2.45, 2.75) is 52.4 Å². The molecule has 0 nitrogen and oxygen atoms in total. The average molecular weight is 549 g/mol. The van der Waals surface area contributed by atoms with Gasteiger partial charge in [0.2, 0.25) is 0 Å².